The van der Waals surface area contributed by atoms with E-state index in [4.69, 9.17) is 0 Å². The third-order valence-electron chi connectivity index (χ3n) is 1.96. The fourth-order valence-corrected chi connectivity index (χ4v) is 1.45. The van der Waals surface area contributed by atoms with Gasteiger partial charge in [0.15, 0.2) is 0 Å². The van der Waals surface area contributed by atoms with Gasteiger partial charge in [-0.05, 0) is 19.8 Å². The molecule has 0 aromatic carbocycles. The molecule has 1 aliphatic carbocycles. The lowest BCUT2D eigenvalue weighted by Crippen LogP contribution is -2.09. The molecule has 1 saturated carbocycles. The number of Topliss-reactive ketones (excluding diaryl/α,β-unsaturated/α-hetero) is 2. The average molecular weight is 140 g/mol. The maximum Gasteiger partial charge on any atom is 0.136 e. The highest BCUT2D eigenvalue weighted by Gasteiger charge is 2.24. The Morgan fingerprint density at radius 3 is 2.80 bits per heavy atom. The van der Waals surface area contributed by atoms with E-state index in [0.29, 0.717) is 12.8 Å². The highest BCUT2D eigenvalue weighted by atomic mass is 16.1. The molecular weight excluding hydrogens is 128 g/mol. The SMILES string of the molecule is CC(=O)C[C@H]1CCCC1=O. The van der Waals surface area contributed by atoms with E-state index in [1.165, 1.54) is 0 Å². The van der Waals surface area contributed by atoms with Crippen LogP contribution in [0.1, 0.15) is 32.6 Å². The maximum absolute atomic E-state index is 11.0. The molecule has 2 nitrogen and oxygen atoms in total. The van der Waals surface area contributed by atoms with Crippen LogP contribution in [0.25, 0.3) is 0 Å². The molecule has 0 N–H and O–H groups in total. The Bertz CT molecular complexity index is 161. The van der Waals surface area contributed by atoms with Gasteiger partial charge >= 0.3 is 0 Å². The van der Waals surface area contributed by atoms with Crippen molar-refractivity contribution in [2.45, 2.75) is 32.6 Å². The highest BCUT2D eigenvalue weighted by Crippen LogP contribution is 2.23. The summed E-state index contributed by atoms with van der Waals surface area (Å²) in [7, 11) is 0. The van der Waals surface area contributed by atoms with Gasteiger partial charge in [0, 0.05) is 18.8 Å². The fourth-order valence-electron chi connectivity index (χ4n) is 1.45. The lowest BCUT2D eigenvalue weighted by Gasteiger charge is -2.01. The number of hydrogen-bond acceptors (Lipinski definition) is 2. The van der Waals surface area contributed by atoms with E-state index in [0.717, 1.165) is 12.8 Å². The molecule has 0 spiro atoms. The Labute approximate surface area is 60.6 Å². The number of rotatable bonds is 2. The molecule has 0 amide bonds. The van der Waals surface area contributed by atoms with Gasteiger partial charge in [-0.25, -0.2) is 0 Å². The number of carbonyl (C=O) groups excluding carboxylic acids is 2. The quantitative estimate of drug-likeness (QED) is 0.580. The average Bonchev–Trinajstić information content (AvgIpc) is 2.15. The van der Waals surface area contributed by atoms with Gasteiger partial charge in [0.1, 0.15) is 11.6 Å². The van der Waals surface area contributed by atoms with Crippen LogP contribution in [-0.4, -0.2) is 11.6 Å². The third-order valence-corrected chi connectivity index (χ3v) is 1.96. The molecule has 0 bridgehead atoms. The van der Waals surface area contributed by atoms with E-state index >= 15 is 0 Å². The molecule has 0 unspecified atom stereocenters. The van der Waals surface area contributed by atoms with Gasteiger partial charge in [-0.3, -0.25) is 4.79 Å². The lowest BCUT2D eigenvalue weighted by molar-refractivity contribution is -0.125. The van der Waals surface area contributed by atoms with Crippen molar-refractivity contribution >= 4 is 11.6 Å². The summed E-state index contributed by atoms with van der Waals surface area (Å²) in [6, 6.07) is 0. The van der Waals surface area contributed by atoms with E-state index in [2.05, 4.69) is 0 Å². The molecule has 1 aliphatic rings. The van der Waals surface area contributed by atoms with Gasteiger partial charge in [-0.2, -0.15) is 0 Å². The minimum absolute atomic E-state index is 0.0671. The zero-order valence-corrected chi connectivity index (χ0v) is 6.22. The molecule has 0 aromatic rings. The molecule has 0 aromatic heterocycles. The Morgan fingerprint density at radius 1 is 1.70 bits per heavy atom. The summed E-state index contributed by atoms with van der Waals surface area (Å²) >= 11 is 0. The fraction of sp³-hybridized carbons (Fsp3) is 0.750. The summed E-state index contributed by atoms with van der Waals surface area (Å²) in [5, 5.41) is 0. The zero-order valence-electron chi connectivity index (χ0n) is 6.22. The van der Waals surface area contributed by atoms with Crippen molar-refractivity contribution in [1.82, 2.24) is 0 Å². The molecular formula is C8H12O2. The van der Waals surface area contributed by atoms with Gasteiger partial charge in [0.05, 0.1) is 0 Å². The zero-order chi connectivity index (χ0) is 7.56. The third kappa shape index (κ3) is 1.66. The topological polar surface area (TPSA) is 34.1 Å². The molecule has 56 valence electrons. The summed E-state index contributed by atoms with van der Waals surface area (Å²) in [5.74, 6) is 0.493. The van der Waals surface area contributed by atoms with Crippen molar-refractivity contribution < 1.29 is 9.59 Å². The monoisotopic (exact) mass is 140 g/mol. The Hall–Kier alpha value is -0.660. The summed E-state index contributed by atoms with van der Waals surface area (Å²) in [6.45, 7) is 1.55. The van der Waals surface area contributed by atoms with E-state index in [1.54, 1.807) is 6.92 Å². The second-order valence-corrected chi connectivity index (χ2v) is 2.96. The van der Waals surface area contributed by atoms with Crippen LogP contribution in [0.4, 0.5) is 0 Å². The molecule has 1 atom stereocenters. The highest BCUT2D eigenvalue weighted by molar-refractivity contribution is 5.88. The molecule has 0 heterocycles. The van der Waals surface area contributed by atoms with Gasteiger partial charge in [0.25, 0.3) is 0 Å². The number of ketones is 2. The van der Waals surface area contributed by atoms with Gasteiger partial charge in [-0.1, -0.05) is 0 Å². The molecule has 0 saturated heterocycles. The van der Waals surface area contributed by atoms with E-state index in [-0.39, 0.29) is 17.5 Å². The van der Waals surface area contributed by atoms with Crippen LogP contribution in [0.5, 0.6) is 0 Å². The standard InChI is InChI=1S/C8H12O2/c1-6(9)5-7-3-2-4-8(7)10/h7H,2-5H2,1H3/t7-/m1/s1. The summed E-state index contributed by atoms with van der Waals surface area (Å²) in [4.78, 5) is 21.6. The van der Waals surface area contributed by atoms with Crippen molar-refractivity contribution in [2.75, 3.05) is 0 Å². The first kappa shape index (κ1) is 7.45. The normalized spacial score (nSPS) is 25.3. The second-order valence-electron chi connectivity index (χ2n) is 2.96. The van der Waals surface area contributed by atoms with E-state index in [1.807, 2.05) is 0 Å². The smallest absolute Gasteiger partial charge is 0.136 e. The number of carbonyl (C=O) groups is 2. The van der Waals surface area contributed by atoms with E-state index in [9.17, 15) is 9.59 Å². The van der Waals surface area contributed by atoms with Crippen LogP contribution in [0, 0.1) is 5.92 Å². The molecule has 2 heteroatoms. The van der Waals surface area contributed by atoms with Crippen LogP contribution in [-0.2, 0) is 9.59 Å². The molecule has 0 radical (unpaired) electrons. The Morgan fingerprint density at radius 2 is 2.40 bits per heavy atom. The summed E-state index contributed by atoms with van der Waals surface area (Å²) in [6.07, 6.45) is 3.08. The minimum Gasteiger partial charge on any atom is -0.300 e. The molecule has 1 rings (SSSR count). The summed E-state index contributed by atoms with van der Waals surface area (Å²) in [5.41, 5.74) is 0. The van der Waals surface area contributed by atoms with Gasteiger partial charge in [-0.15, -0.1) is 0 Å². The first-order valence-corrected chi connectivity index (χ1v) is 3.72. The van der Waals surface area contributed by atoms with Gasteiger partial charge < -0.3 is 4.79 Å². The Kier molecular flexibility index (Phi) is 2.20. The second kappa shape index (κ2) is 2.95. The van der Waals surface area contributed by atoms with Crippen molar-refractivity contribution in [1.29, 1.82) is 0 Å². The van der Waals surface area contributed by atoms with Crippen LogP contribution in [0.2, 0.25) is 0 Å². The van der Waals surface area contributed by atoms with Crippen molar-refractivity contribution in [3.8, 4) is 0 Å². The van der Waals surface area contributed by atoms with Crippen molar-refractivity contribution in [2.24, 2.45) is 5.92 Å². The Balaban J connectivity index is 2.40. The first-order chi connectivity index (χ1) is 4.70. The lowest BCUT2D eigenvalue weighted by atomic mass is 10.0. The summed E-state index contributed by atoms with van der Waals surface area (Å²) < 4.78 is 0. The molecule has 0 aliphatic heterocycles. The predicted octanol–water partition coefficient (Wildman–Crippen LogP) is 1.33. The van der Waals surface area contributed by atoms with Crippen LogP contribution in [0.15, 0.2) is 0 Å². The van der Waals surface area contributed by atoms with Crippen LogP contribution in [0.3, 0.4) is 0 Å². The number of hydrogen-bond donors (Lipinski definition) is 0. The van der Waals surface area contributed by atoms with Crippen LogP contribution >= 0.6 is 0 Å². The van der Waals surface area contributed by atoms with Crippen LogP contribution < -0.4 is 0 Å². The van der Waals surface area contributed by atoms with E-state index < -0.39 is 0 Å². The predicted molar refractivity (Wildman–Crippen MR) is 37.6 cm³/mol. The largest absolute Gasteiger partial charge is 0.300 e. The maximum atomic E-state index is 11.0. The van der Waals surface area contributed by atoms with Crippen molar-refractivity contribution in [3.05, 3.63) is 0 Å². The minimum atomic E-state index is 0.0671. The van der Waals surface area contributed by atoms with Gasteiger partial charge in [0.2, 0.25) is 0 Å². The van der Waals surface area contributed by atoms with Crippen molar-refractivity contribution in [3.63, 3.8) is 0 Å². The molecule has 1 fully saturated rings. The molecule has 10 heavy (non-hydrogen) atoms. The first-order valence-electron chi connectivity index (χ1n) is 3.72.